The molecule has 1 N–H and O–H groups in total. The van der Waals surface area contributed by atoms with Crippen LogP contribution in [0.1, 0.15) is 39.2 Å². The maximum atomic E-state index is 14.1. The zero-order valence-corrected chi connectivity index (χ0v) is 26.4. The van der Waals surface area contributed by atoms with Crippen LogP contribution in [0.25, 0.3) is 0 Å². The average molecular weight is 634 g/mol. The molecule has 2 atom stereocenters. The molecule has 2 amide bonds. The van der Waals surface area contributed by atoms with Gasteiger partial charge < -0.3 is 19.7 Å². The number of halogens is 2. The fraction of sp³-hybridized carbons (Fsp3) is 0.355. The molecule has 3 aromatic carbocycles. The van der Waals surface area contributed by atoms with Gasteiger partial charge >= 0.3 is 0 Å². The second-order valence-corrected chi connectivity index (χ2v) is 12.2. The Hall–Kier alpha value is -3.83. The van der Waals surface area contributed by atoms with Crippen LogP contribution in [0.15, 0.2) is 71.6 Å². The van der Waals surface area contributed by atoms with Crippen molar-refractivity contribution >= 4 is 39.1 Å². The number of amides is 2. The number of sulfonamides is 1. The summed E-state index contributed by atoms with van der Waals surface area (Å²) < 4.78 is 53.4. The third-order valence-electron chi connectivity index (χ3n) is 6.99. The maximum absolute atomic E-state index is 14.1. The van der Waals surface area contributed by atoms with E-state index in [1.54, 1.807) is 31.2 Å². The average Bonchev–Trinajstić information content (AvgIpc) is 3.00. The van der Waals surface area contributed by atoms with Gasteiger partial charge in [0.25, 0.3) is 10.0 Å². The van der Waals surface area contributed by atoms with Crippen molar-refractivity contribution in [1.82, 2.24) is 10.2 Å². The molecule has 232 valence electrons. The summed E-state index contributed by atoms with van der Waals surface area (Å²) in [4.78, 5) is 28.7. The van der Waals surface area contributed by atoms with Gasteiger partial charge in [-0.2, -0.15) is 0 Å². The van der Waals surface area contributed by atoms with Crippen LogP contribution < -0.4 is 19.1 Å². The van der Waals surface area contributed by atoms with E-state index in [0.717, 1.165) is 16.4 Å². The number of rotatable bonds is 14. The highest BCUT2D eigenvalue weighted by Gasteiger charge is 2.34. The van der Waals surface area contributed by atoms with Crippen molar-refractivity contribution in [1.29, 1.82) is 0 Å². The van der Waals surface area contributed by atoms with Gasteiger partial charge in [0.05, 0.1) is 24.8 Å². The number of nitrogens with one attached hydrogen (secondary N) is 1. The zero-order chi connectivity index (χ0) is 31.7. The van der Waals surface area contributed by atoms with Gasteiger partial charge in [-0.3, -0.25) is 13.9 Å². The Bertz CT molecular complexity index is 1500. The lowest BCUT2D eigenvalue weighted by Crippen LogP contribution is -2.53. The van der Waals surface area contributed by atoms with Crippen LogP contribution in [0.4, 0.5) is 10.1 Å². The van der Waals surface area contributed by atoms with Crippen molar-refractivity contribution in [2.45, 2.75) is 57.1 Å². The van der Waals surface area contributed by atoms with E-state index >= 15 is 0 Å². The lowest BCUT2D eigenvalue weighted by molar-refractivity contribution is -0.140. The molecule has 0 aromatic heterocycles. The van der Waals surface area contributed by atoms with Gasteiger partial charge in [0.2, 0.25) is 11.8 Å². The van der Waals surface area contributed by atoms with E-state index in [4.69, 9.17) is 21.1 Å². The predicted octanol–water partition coefficient (Wildman–Crippen LogP) is 5.41. The second-order valence-electron chi connectivity index (χ2n) is 9.89. The van der Waals surface area contributed by atoms with Crippen molar-refractivity contribution in [2.75, 3.05) is 25.1 Å². The van der Waals surface area contributed by atoms with E-state index in [-0.39, 0.29) is 41.2 Å². The molecule has 0 radical (unpaired) electrons. The summed E-state index contributed by atoms with van der Waals surface area (Å²) >= 11 is 6.06. The highest BCUT2D eigenvalue weighted by Crippen LogP contribution is 2.32. The number of methoxy groups -OCH3 is 2. The molecule has 12 heteroatoms. The third kappa shape index (κ3) is 8.39. The molecule has 0 fully saturated rings. The molecular formula is C31H37ClFN3O6S. The first-order valence-corrected chi connectivity index (χ1v) is 15.6. The number of nitrogens with zero attached hydrogens (tertiary/aromatic N) is 2. The minimum atomic E-state index is -4.40. The van der Waals surface area contributed by atoms with Crippen molar-refractivity contribution in [3.8, 4) is 11.5 Å². The molecule has 0 unspecified atom stereocenters. The molecule has 0 saturated carbocycles. The standard InChI is InChI=1S/C31H37ClFN3O6S/c1-6-21(3)34-31(38)27(7-2)35(19-22-8-10-23(32)11-9-22)30(37)20-36(25-14-12-24(33)13-15-25)43(39,40)26-16-17-28(41-4)29(18-26)42-5/h8-18,21,27H,6-7,19-20H2,1-5H3,(H,34,38)/t21-,27+/m0/s1. The van der Waals surface area contributed by atoms with Crippen LogP contribution in [0.3, 0.4) is 0 Å². The van der Waals surface area contributed by atoms with Crippen molar-refractivity contribution < 1.29 is 31.9 Å². The molecule has 0 aliphatic rings. The summed E-state index contributed by atoms with van der Waals surface area (Å²) in [6.45, 7) is 4.93. The normalized spacial score (nSPS) is 12.6. The molecule has 0 bridgehead atoms. The van der Waals surface area contributed by atoms with Crippen molar-refractivity contribution in [3.63, 3.8) is 0 Å². The van der Waals surface area contributed by atoms with Gasteiger partial charge in [0, 0.05) is 23.7 Å². The summed E-state index contributed by atoms with van der Waals surface area (Å²) in [5.74, 6) is -1.07. The highest BCUT2D eigenvalue weighted by atomic mass is 35.5. The summed E-state index contributed by atoms with van der Waals surface area (Å²) in [6.07, 6.45) is 0.968. The first kappa shape index (κ1) is 33.7. The Morgan fingerprint density at radius 2 is 1.56 bits per heavy atom. The van der Waals surface area contributed by atoms with Gasteiger partial charge in [-0.05, 0) is 73.9 Å². The molecular weight excluding hydrogens is 597 g/mol. The van der Waals surface area contributed by atoms with Crippen LogP contribution in [-0.2, 0) is 26.2 Å². The van der Waals surface area contributed by atoms with Crippen molar-refractivity contribution in [3.05, 3.63) is 83.1 Å². The fourth-order valence-corrected chi connectivity index (χ4v) is 5.94. The second kappa shape index (κ2) is 15.1. The molecule has 9 nitrogen and oxygen atoms in total. The minimum absolute atomic E-state index is 0.0239. The Morgan fingerprint density at radius 3 is 2.12 bits per heavy atom. The lowest BCUT2D eigenvalue weighted by atomic mass is 10.1. The highest BCUT2D eigenvalue weighted by molar-refractivity contribution is 7.92. The Balaban J connectivity index is 2.09. The van der Waals surface area contributed by atoms with Crippen LogP contribution >= 0.6 is 11.6 Å². The van der Waals surface area contributed by atoms with Crippen LogP contribution in [0, 0.1) is 5.82 Å². The number of hydrogen-bond acceptors (Lipinski definition) is 6. The molecule has 0 heterocycles. The van der Waals surface area contributed by atoms with Crippen molar-refractivity contribution in [2.24, 2.45) is 0 Å². The number of hydrogen-bond donors (Lipinski definition) is 1. The van der Waals surface area contributed by atoms with Crippen LogP contribution in [0.2, 0.25) is 5.02 Å². The SMILES string of the molecule is CC[C@H](C(=O)N[C@@H](C)CC)N(Cc1ccc(Cl)cc1)C(=O)CN(c1ccc(F)cc1)S(=O)(=O)c1ccc(OC)c(OC)c1. The third-order valence-corrected chi connectivity index (χ3v) is 9.01. The van der Waals surface area contributed by atoms with Gasteiger partial charge in [0.1, 0.15) is 18.4 Å². The van der Waals surface area contributed by atoms with E-state index in [0.29, 0.717) is 22.8 Å². The van der Waals surface area contributed by atoms with Crippen LogP contribution in [-0.4, -0.2) is 58.0 Å². The number of ether oxygens (including phenoxy) is 2. The predicted molar refractivity (Wildman–Crippen MR) is 164 cm³/mol. The number of benzene rings is 3. The Kier molecular flexibility index (Phi) is 11.8. The van der Waals surface area contributed by atoms with E-state index in [2.05, 4.69) is 5.32 Å². The Labute approximate surface area is 257 Å². The van der Waals surface area contributed by atoms with E-state index in [9.17, 15) is 22.4 Å². The van der Waals surface area contributed by atoms with Gasteiger partial charge in [0.15, 0.2) is 11.5 Å². The summed E-state index contributed by atoms with van der Waals surface area (Å²) in [6, 6.07) is 14.6. The quantitative estimate of drug-likeness (QED) is 0.254. The van der Waals surface area contributed by atoms with Gasteiger partial charge in [-0.25, -0.2) is 12.8 Å². The number of carbonyl (C=O) groups excluding carboxylic acids is 2. The Morgan fingerprint density at radius 1 is 0.930 bits per heavy atom. The molecule has 3 aromatic rings. The monoisotopic (exact) mass is 633 g/mol. The smallest absolute Gasteiger partial charge is 0.264 e. The first-order chi connectivity index (χ1) is 20.4. The van der Waals surface area contributed by atoms with Crippen LogP contribution in [0.5, 0.6) is 11.5 Å². The zero-order valence-electron chi connectivity index (χ0n) is 24.8. The summed E-state index contributed by atoms with van der Waals surface area (Å²) in [5.41, 5.74) is 0.761. The molecule has 0 aliphatic carbocycles. The van der Waals surface area contributed by atoms with E-state index in [1.165, 1.54) is 49.5 Å². The fourth-order valence-electron chi connectivity index (χ4n) is 4.39. The van der Waals surface area contributed by atoms with Gasteiger partial charge in [-0.15, -0.1) is 0 Å². The molecule has 3 rings (SSSR count). The van der Waals surface area contributed by atoms with E-state index in [1.807, 2.05) is 13.8 Å². The number of anilines is 1. The van der Waals surface area contributed by atoms with E-state index < -0.39 is 34.3 Å². The molecule has 0 saturated heterocycles. The lowest BCUT2D eigenvalue weighted by Gasteiger charge is -2.33. The summed E-state index contributed by atoms with van der Waals surface area (Å²) in [7, 11) is -1.60. The molecule has 43 heavy (non-hydrogen) atoms. The minimum Gasteiger partial charge on any atom is -0.493 e. The largest absolute Gasteiger partial charge is 0.493 e. The van der Waals surface area contributed by atoms with Gasteiger partial charge in [-0.1, -0.05) is 37.6 Å². The molecule has 0 spiro atoms. The molecule has 0 aliphatic heterocycles. The summed E-state index contributed by atoms with van der Waals surface area (Å²) in [5, 5.41) is 3.43. The number of carbonyl (C=O) groups is 2. The topological polar surface area (TPSA) is 105 Å². The first-order valence-electron chi connectivity index (χ1n) is 13.8. The maximum Gasteiger partial charge on any atom is 0.264 e.